The number of aliphatic hydroxyl groups is 1. The maximum Gasteiger partial charge on any atom is 0.225 e. The Balaban J connectivity index is 4.85. The Morgan fingerprint density at radius 1 is 0.789 bits per heavy atom. The van der Waals surface area contributed by atoms with E-state index in [1.54, 1.807) is 0 Å². The van der Waals surface area contributed by atoms with Crippen LogP contribution in [0.15, 0.2) is 0 Å². The number of carbonyl (C=O) groups is 1. The van der Waals surface area contributed by atoms with Crippen LogP contribution in [0.5, 0.6) is 0 Å². The van der Waals surface area contributed by atoms with Gasteiger partial charge in [-0.25, -0.2) is 0 Å². The van der Waals surface area contributed by atoms with Crippen molar-refractivity contribution in [3.63, 3.8) is 0 Å². The van der Waals surface area contributed by atoms with Crippen LogP contribution in [0.3, 0.4) is 0 Å². The zero-order valence-corrected chi connectivity index (χ0v) is 27.9. The molecule has 0 saturated carbocycles. The summed E-state index contributed by atoms with van der Waals surface area (Å²) in [6.07, 6.45) is 7.86. The molecule has 0 fully saturated rings. The van der Waals surface area contributed by atoms with Crippen molar-refractivity contribution < 1.29 is 14.6 Å². The number of carbonyl (C=O) groups excluding carboxylic acids is 1. The Morgan fingerprint density at radius 2 is 1.37 bits per heavy atom. The summed E-state index contributed by atoms with van der Waals surface area (Å²) in [4.78, 5) is 12.6. The molecule has 1 amide bonds. The predicted molar refractivity (Wildman–Crippen MR) is 164 cm³/mol. The lowest BCUT2D eigenvalue weighted by atomic mass is 9.70. The van der Waals surface area contributed by atoms with Gasteiger partial charge in [0.15, 0.2) is 0 Å². The van der Waals surface area contributed by atoms with Crippen LogP contribution in [0.2, 0.25) is 0 Å². The lowest BCUT2D eigenvalue weighted by Gasteiger charge is -2.41. The summed E-state index contributed by atoms with van der Waals surface area (Å²) < 4.78 is 6.16. The minimum Gasteiger partial charge on any atom is -0.381 e. The van der Waals surface area contributed by atoms with Crippen LogP contribution in [-0.2, 0) is 9.53 Å². The SMILES string of the molecule is CC(C)CNC(O)C(C)(CCCCCC(C)(C)C)CC(C)(C)COCCCC(C)(C)C(=O)NCC(C)(C)C. The van der Waals surface area contributed by atoms with Gasteiger partial charge in [-0.2, -0.15) is 0 Å². The summed E-state index contributed by atoms with van der Waals surface area (Å²) in [6, 6.07) is 0. The highest BCUT2D eigenvalue weighted by Crippen LogP contribution is 2.40. The number of ether oxygens (including phenoxy) is 1. The van der Waals surface area contributed by atoms with Crippen LogP contribution in [0.25, 0.3) is 0 Å². The van der Waals surface area contributed by atoms with Crippen molar-refractivity contribution in [1.82, 2.24) is 10.6 Å². The molecule has 0 aromatic rings. The second-order valence-electron chi connectivity index (χ2n) is 16.6. The number of hydrogen-bond acceptors (Lipinski definition) is 4. The fourth-order valence-corrected chi connectivity index (χ4v) is 5.08. The summed E-state index contributed by atoms with van der Waals surface area (Å²) >= 11 is 0. The van der Waals surface area contributed by atoms with E-state index < -0.39 is 11.6 Å². The number of aliphatic hydroxyl groups excluding tert-OH is 1. The first-order valence-electron chi connectivity index (χ1n) is 15.4. The average molecular weight is 541 g/mol. The summed E-state index contributed by atoms with van der Waals surface area (Å²) in [5.41, 5.74) is -0.204. The average Bonchev–Trinajstić information content (AvgIpc) is 2.73. The molecule has 38 heavy (non-hydrogen) atoms. The monoisotopic (exact) mass is 541 g/mol. The van der Waals surface area contributed by atoms with Gasteiger partial charge in [-0.3, -0.25) is 10.1 Å². The van der Waals surface area contributed by atoms with Crippen molar-refractivity contribution in [2.45, 2.75) is 148 Å². The summed E-state index contributed by atoms with van der Waals surface area (Å²) in [5.74, 6) is 0.616. The highest BCUT2D eigenvalue weighted by Gasteiger charge is 2.38. The Labute approximate surface area is 238 Å². The van der Waals surface area contributed by atoms with Crippen molar-refractivity contribution in [2.75, 3.05) is 26.3 Å². The van der Waals surface area contributed by atoms with Gasteiger partial charge in [-0.1, -0.05) is 109 Å². The number of unbranched alkanes of at least 4 members (excludes halogenated alkanes) is 2. The molecule has 0 radical (unpaired) electrons. The quantitative estimate of drug-likeness (QED) is 0.115. The van der Waals surface area contributed by atoms with Crippen molar-refractivity contribution >= 4 is 5.91 Å². The van der Waals surface area contributed by atoms with Crippen LogP contribution in [-0.4, -0.2) is 43.5 Å². The van der Waals surface area contributed by atoms with E-state index in [2.05, 4.69) is 86.8 Å². The fourth-order valence-electron chi connectivity index (χ4n) is 5.08. The minimum absolute atomic E-state index is 0.0553. The van der Waals surface area contributed by atoms with E-state index in [0.29, 0.717) is 31.1 Å². The number of rotatable bonds is 19. The first kappa shape index (κ1) is 37.4. The van der Waals surface area contributed by atoms with E-state index in [4.69, 9.17) is 4.74 Å². The van der Waals surface area contributed by atoms with Gasteiger partial charge >= 0.3 is 0 Å². The number of nitrogens with one attached hydrogen (secondary N) is 2. The Hall–Kier alpha value is -0.650. The summed E-state index contributed by atoms with van der Waals surface area (Å²) in [7, 11) is 0. The van der Waals surface area contributed by atoms with Gasteiger partial charge in [0.1, 0.15) is 6.23 Å². The second kappa shape index (κ2) is 16.0. The topological polar surface area (TPSA) is 70.6 Å². The van der Waals surface area contributed by atoms with Crippen LogP contribution < -0.4 is 10.6 Å². The van der Waals surface area contributed by atoms with E-state index in [0.717, 1.165) is 38.6 Å². The third-order valence-electron chi connectivity index (χ3n) is 7.41. The third kappa shape index (κ3) is 17.8. The zero-order chi connectivity index (χ0) is 29.8. The van der Waals surface area contributed by atoms with E-state index >= 15 is 0 Å². The lowest BCUT2D eigenvalue weighted by molar-refractivity contribution is -0.130. The normalized spacial score (nSPS) is 16.0. The molecule has 0 rings (SSSR count). The van der Waals surface area contributed by atoms with Crippen molar-refractivity contribution in [3.8, 4) is 0 Å². The largest absolute Gasteiger partial charge is 0.381 e. The van der Waals surface area contributed by atoms with Crippen molar-refractivity contribution in [2.24, 2.45) is 33.0 Å². The molecule has 0 heterocycles. The Morgan fingerprint density at radius 3 is 1.89 bits per heavy atom. The maximum atomic E-state index is 12.6. The minimum atomic E-state index is -0.529. The molecule has 0 aliphatic carbocycles. The molecule has 0 aliphatic rings. The second-order valence-corrected chi connectivity index (χ2v) is 16.6. The Kier molecular flexibility index (Phi) is 15.7. The molecular formula is C33H68N2O3. The van der Waals surface area contributed by atoms with Gasteiger partial charge in [-0.15, -0.1) is 0 Å². The summed E-state index contributed by atoms with van der Waals surface area (Å²) in [5, 5.41) is 17.7. The molecular weight excluding hydrogens is 472 g/mol. The number of amides is 1. The van der Waals surface area contributed by atoms with Crippen LogP contribution in [0.4, 0.5) is 0 Å². The molecule has 5 heteroatoms. The molecule has 0 aromatic heterocycles. The maximum absolute atomic E-state index is 12.6. The molecule has 2 unspecified atom stereocenters. The molecule has 0 bridgehead atoms. The standard InChI is InChI=1S/C33H68N2O3/c1-26(2)22-34-28(37)33(13,20-16-14-15-18-29(3,4)5)23-31(9,10)25-38-21-17-19-32(11,12)27(36)35-24-30(6,7)8/h26,28,34,37H,14-25H2,1-13H3,(H,35,36). The van der Waals surface area contributed by atoms with Gasteiger partial charge in [-0.05, 0) is 60.8 Å². The third-order valence-corrected chi connectivity index (χ3v) is 7.41. The van der Waals surface area contributed by atoms with Gasteiger partial charge < -0.3 is 15.2 Å². The van der Waals surface area contributed by atoms with Crippen LogP contribution >= 0.6 is 0 Å². The predicted octanol–water partition coefficient (Wildman–Crippen LogP) is 7.95. The lowest BCUT2D eigenvalue weighted by Crippen LogP contribution is -2.47. The molecule has 228 valence electrons. The van der Waals surface area contributed by atoms with E-state index in [1.165, 1.54) is 19.3 Å². The highest BCUT2D eigenvalue weighted by atomic mass is 16.5. The highest BCUT2D eigenvalue weighted by molar-refractivity contribution is 5.81. The van der Waals surface area contributed by atoms with E-state index in [-0.39, 0.29) is 22.2 Å². The molecule has 2 atom stereocenters. The van der Waals surface area contributed by atoms with Crippen molar-refractivity contribution in [3.05, 3.63) is 0 Å². The summed E-state index contributed by atoms with van der Waals surface area (Å²) in [6.45, 7) is 31.3. The Bertz CT molecular complexity index is 658. The van der Waals surface area contributed by atoms with Crippen LogP contribution in [0.1, 0.15) is 141 Å². The smallest absolute Gasteiger partial charge is 0.225 e. The van der Waals surface area contributed by atoms with E-state index in [9.17, 15) is 9.90 Å². The number of hydrogen-bond donors (Lipinski definition) is 3. The van der Waals surface area contributed by atoms with Crippen molar-refractivity contribution in [1.29, 1.82) is 0 Å². The first-order valence-corrected chi connectivity index (χ1v) is 15.4. The molecule has 0 spiro atoms. The molecule has 3 N–H and O–H groups in total. The zero-order valence-electron chi connectivity index (χ0n) is 27.9. The van der Waals surface area contributed by atoms with Gasteiger partial charge in [0.25, 0.3) is 0 Å². The van der Waals surface area contributed by atoms with Gasteiger partial charge in [0.05, 0.1) is 6.61 Å². The fraction of sp³-hybridized carbons (Fsp3) is 0.970. The van der Waals surface area contributed by atoms with Gasteiger partial charge in [0, 0.05) is 24.0 Å². The van der Waals surface area contributed by atoms with Crippen LogP contribution in [0, 0.1) is 33.0 Å². The van der Waals surface area contributed by atoms with Gasteiger partial charge in [0.2, 0.25) is 5.91 Å². The molecule has 0 aliphatic heterocycles. The molecule has 0 aromatic carbocycles. The molecule has 5 nitrogen and oxygen atoms in total. The first-order chi connectivity index (χ1) is 17.1. The molecule has 0 saturated heterocycles. The van der Waals surface area contributed by atoms with E-state index in [1.807, 2.05) is 13.8 Å².